The van der Waals surface area contributed by atoms with Crippen LogP contribution in [0.4, 0.5) is 22.0 Å². The van der Waals surface area contributed by atoms with Gasteiger partial charge in [0.25, 0.3) is 0 Å². The molecule has 0 saturated heterocycles. The lowest BCUT2D eigenvalue weighted by Crippen LogP contribution is -2.30. The van der Waals surface area contributed by atoms with E-state index >= 15 is 0 Å². The second-order valence-electron chi connectivity index (χ2n) is 5.44. The molecule has 2 unspecified atom stereocenters. The maximum absolute atomic E-state index is 12.6. The molecule has 0 aliphatic heterocycles. The van der Waals surface area contributed by atoms with Crippen molar-refractivity contribution < 1.29 is 46.5 Å². The van der Waals surface area contributed by atoms with Crippen LogP contribution in [0.5, 0.6) is 0 Å². The van der Waals surface area contributed by atoms with E-state index in [-0.39, 0.29) is 18.7 Å². The number of hydrogen-bond acceptors (Lipinski definition) is 5. The highest BCUT2D eigenvalue weighted by Gasteiger charge is 2.60. The van der Waals surface area contributed by atoms with E-state index in [1.165, 1.54) is 28.5 Å². The van der Waals surface area contributed by atoms with Crippen LogP contribution in [0.1, 0.15) is 19.8 Å². The number of carbonyl (C=O) groups is 3. The molecule has 1 amide bonds. The molecular formula is C13H18F5NO5S2. The Morgan fingerprint density at radius 3 is 2.08 bits per heavy atom. The van der Waals surface area contributed by atoms with Gasteiger partial charge >= 0.3 is 18.1 Å². The average molecular weight is 427 g/mol. The Labute approximate surface area is 153 Å². The Bertz CT molecular complexity index is 506. The number of nitrogens with one attached hydrogen (secondary N) is 1. The molecule has 2 atom stereocenters. The predicted molar refractivity (Wildman–Crippen MR) is 86.1 cm³/mol. The van der Waals surface area contributed by atoms with Crippen LogP contribution in [0.3, 0.4) is 0 Å². The summed E-state index contributed by atoms with van der Waals surface area (Å²) in [5.41, 5.74) is -1.15. The van der Waals surface area contributed by atoms with Gasteiger partial charge in [0.1, 0.15) is 0 Å². The zero-order valence-corrected chi connectivity index (χ0v) is 15.1. The molecule has 0 aromatic heterocycles. The second-order valence-corrected chi connectivity index (χ2v) is 8.15. The van der Waals surface area contributed by atoms with Crippen molar-refractivity contribution in [3.8, 4) is 0 Å². The van der Waals surface area contributed by atoms with E-state index in [2.05, 4.69) is 5.32 Å². The van der Waals surface area contributed by atoms with Gasteiger partial charge in [0.05, 0.1) is 6.42 Å². The third-order valence-electron chi connectivity index (χ3n) is 3.30. The van der Waals surface area contributed by atoms with Crippen molar-refractivity contribution >= 4 is 39.4 Å². The molecule has 0 heterocycles. The fraction of sp³-hybridized carbons (Fsp3) is 0.769. The van der Waals surface area contributed by atoms with Crippen molar-refractivity contribution in [2.75, 3.05) is 18.1 Å². The number of aliphatic carboxylic acids is 2. The number of hydrogen-bond donors (Lipinski definition) is 3. The molecule has 6 nitrogen and oxygen atoms in total. The molecule has 1 aliphatic carbocycles. The highest BCUT2D eigenvalue weighted by Crippen LogP contribution is 2.56. The van der Waals surface area contributed by atoms with Crippen molar-refractivity contribution in [3.63, 3.8) is 0 Å². The summed E-state index contributed by atoms with van der Waals surface area (Å²) in [6.07, 6.45) is -7.18. The lowest BCUT2D eigenvalue weighted by Gasteiger charge is -2.09. The van der Waals surface area contributed by atoms with Gasteiger partial charge in [-0.15, -0.1) is 0 Å². The van der Waals surface area contributed by atoms with E-state index in [1.807, 2.05) is 0 Å². The molecule has 0 radical (unpaired) electrons. The average Bonchev–Trinajstić information content (AvgIpc) is 3.19. The van der Waals surface area contributed by atoms with E-state index in [0.717, 1.165) is 0 Å². The summed E-state index contributed by atoms with van der Waals surface area (Å²) >= 11 is 0. The SMILES string of the molecule is CC1(C(F)F)CC1C(=O)NCCSSCCC(=O)O.O=C(O)C(F)(F)F. The van der Waals surface area contributed by atoms with Crippen molar-refractivity contribution in [1.29, 1.82) is 0 Å². The predicted octanol–water partition coefficient (Wildman–Crippen LogP) is 2.88. The van der Waals surface area contributed by atoms with Crippen LogP contribution >= 0.6 is 21.6 Å². The minimum atomic E-state index is -5.08. The largest absolute Gasteiger partial charge is 0.490 e. The van der Waals surface area contributed by atoms with Crippen molar-refractivity contribution in [2.24, 2.45) is 11.3 Å². The molecule has 1 fully saturated rings. The molecule has 13 heteroatoms. The van der Waals surface area contributed by atoms with E-state index < -0.39 is 35.9 Å². The Morgan fingerprint density at radius 2 is 1.69 bits per heavy atom. The third-order valence-corrected chi connectivity index (χ3v) is 5.71. The zero-order chi connectivity index (χ0) is 20.5. The molecule has 0 aromatic rings. The van der Waals surface area contributed by atoms with Gasteiger partial charge in [0, 0.05) is 29.4 Å². The van der Waals surface area contributed by atoms with Crippen LogP contribution in [0.2, 0.25) is 0 Å². The number of halogens is 5. The normalized spacial score (nSPS) is 21.6. The smallest absolute Gasteiger partial charge is 0.481 e. The molecule has 0 aromatic carbocycles. The molecule has 1 saturated carbocycles. The quantitative estimate of drug-likeness (QED) is 0.295. The minimum absolute atomic E-state index is 0.110. The van der Waals surface area contributed by atoms with E-state index in [9.17, 15) is 31.5 Å². The van der Waals surface area contributed by atoms with Gasteiger partial charge in [0.2, 0.25) is 12.3 Å². The maximum Gasteiger partial charge on any atom is 0.490 e. The Balaban J connectivity index is 0.000000758. The Morgan fingerprint density at radius 1 is 1.19 bits per heavy atom. The van der Waals surface area contributed by atoms with Crippen LogP contribution in [0.25, 0.3) is 0 Å². The van der Waals surface area contributed by atoms with Crippen molar-refractivity contribution in [1.82, 2.24) is 5.32 Å². The van der Waals surface area contributed by atoms with Crippen molar-refractivity contribution in [3.05, 3.63) is 0 Å². The summed E-state index contributed by atoms with van der Waals surface area (Å²) in [7, 11) is 2.89. The summed E-state index contributed by atoms with van der Waals surface area (Å²) in [6, 6.07) is 0. The fourth-order valence-electron chi connectivity index (χ4n) is 1.60. The van der Waals surface area contributed by atoms with Gasteiger partial charge in [0.15, 0.2) is 0 Å². The first-order chi connectivity index (χ1) is 11.8. The molecular weight excluding hydrogens is 409 g/mol. The number of amides is 1. The number of carboxylic acids is 2. The molecule has 26 heavy (non-hydrogen) atoms. The monoisotopic (exact) mass is 427 g/mol. The van der Waals surface area contributed by atoms with Gasteiger partial charge in [-0.2, -0.15) is 13.2 Å². The molecule has 3 N–H and O–H groups in total. The number of rotatable bonds is 9. The highest BCUT2D eigenvalue weighted by atomic mass is 33.1. The maximum atomic E-state index is 12.6. The van der Waals surface area contributed by atoms with Gasteiger partial charge in [-0.05, 0) is 6.42 Å². The first kappa shape index (κ1) is 24.8. The zero-order valence-electron chi connectivity index (χ0n) is 13.5. The fourth-order valence-corrected chi connectivity index (χ4v) is 3.49. The van der Waals surface area contributed by atoms with Gasteiger partial charge in [-0.25, -0.2) is 13.6 Å². The van der Waals surface area contributed by atoms with Crippen LogP contribution in [0.15, 0.2) is 0 Å². The topological polar surface area (TPSA) is 104 Å². The molecule has 1 rings (SSSR count). The van der Waals surface area contributed by atoms with E-state index in [4.69, 9.17) is 15.0 Å². The van der Waals surface area contributed by atoms with Gasteiger partial charge in [-0.3, -0.25) is 9.59 Å². The summed E-state index contributed by atoms with van der Waals surface area (Å²) in [6.45, 7) is 1.85. The number of carbonyl (C=O) groups excluding carboxylic acids is 1. The summed E-state index contributed by atoms with van der Waals surface area (Å²) in [5.74, 6) is -3.32. The minimum Gasteiger partial charge on any atom is -0.481 e. The van der Waals surface area contributed by atoms with Crippen molar-refractivity contribution in [2.45, 2.75) is 32.4 Å². The van der Waals surface area contributed by atoms with E-state index in [0.29, 0.717) is 18.1 Å². The standard InChI is InChI=1S/C11H17F2NO3S2.C2HF3O2/c1-11(10(12)13)6-7(11)9(17)14-3-5-19-18-4-2-8(15)16;3-2(4,5)1(6)7/h7,10H,2-6H2,1H3,(H,14,17)(H,15,16);(H,6,7). The lowest BCUT2D eigenvalue weighted by atomic mass is 10.1. The van der Waals surface area contributed by atoms with Crippen LogP contribution < -0.4 is 5.32 Å². The highest BCUT2D eigenvalue weighted by molar-refractivity contribution is 8.76. The number of alkyl halides is 5. The summed E-state index contributed by atoms with van der Waals surface area (Å²) < 4.78 is 56.9. The van der Waals surface area contributed by atoms with E-state index in [1.54, 1.807) is 0 Å². The molecule has 0 bridgehead atoms. The first-order valence-electron chi connectivity index (χ1n) is 7.14. The van der Waals surface area contributed by atoms with Gasteiger partial charge in [-0.1, -0.05) is 28.5 Å². The second kappa shape index (κ2) is 10.8. The van der Waals surface area contributed by atoms with Crippen LogP contribution in [-0.4, -0.2) is 58.7 Å². The van der Waals surface area contributed by atoms with Crippen LogP contribution in [-0.2, 0) is 14.4 Å². The summed E-state index contributed by atoms with van der Waals surface area (Å²) in [4.78, 5) is 30.7. The lowest BCUT2D eigenvalue weighted by molar-refractivity contribution is -0.192. The van der Waals surface area contributed by atoms with Crippen LogP contribution in [0, 0.1) is 11.3 Å². The summed E-state index contributed by atoms with van der Waals surface area (Å²) in [5, 5.41) is 18.2. The number of carboxylic acid groups (broad SMARTS) is 2. The Kier molecular flexibility index (Phi) is 10.3. The van der Waals surface area contributed by atoms with Gasteiger partial charge < -0.3 is 15.5 Å². The molecule has 0 spiro atoms. The Hall–Kier alpha value is -1.24. The third kappa shape index (κ3) is 9.46. The first-order valence-corrected chi connectivity index (χ1v) is 9.63. The molecule has 1 aliphatic rings. The molecule has 152 valence electrons.